The quantitative estimate of drug-likeness (QED) is 0.0776. The number of ether oxygens (including phenoxy) is 3. The van der Waals surface area contributed by atoms with Gasteiger partial charge in [0.25, 0.3) is 5.91 Å². The number of carbonyl (C=O) groups excluding carboxylic acids is 4. The van der Waals surface area contributed by atoms with E-state index in [1.165, 1.54) is 7.11 Å². The summed E-state index contributed by atoms with van der Waals surface area (Å²) in [5.41, 5.74) is 1.91. The molecular formula is C42H54BrN3O8. The van der Waals surface area contributed by atoms with E-state index in [1.807, 2.05) is 62.4 Å². The highest BCUT2D eigenvalue weighted by molar-refractivity contribution is 9.09. The van der Waals surface area contributed by atoms with Crippen molar-refractivity contribution in [2.75, 3.05) is 38.3 Å². The number of rotatable bonds is 20. The maximum absolute atomic E-state index is 15.1. The predicted molar refractivity (Wildman–Crippen MR) is 210 cm³/mol. The summed E-state index contributed by atoms with van der Waals surface area (Å²) in [5.74, 6) is -3.50. The van der Waals surface area contributed by atoms with Gasteiger partial charge in [0, 0.05) is 43.7 Å². The molecule has 1 unspecified atom stereocenters. The molecule has 3 amide bonds. The molecule has 5 rings (SSSR count). The van der Waals surface area contributed by atoms with Crippen LogP contribution in [0.1, 0.15) is 67.7 Å². The predicted octanol–water partition coefficient (Wildman–Crippen LogP) is 5.51. The van der Waals surface area contributed by atoms with Gasteiger partial charge in [-0.2, -0.15) is 0 Å². The van der Waals surface area contributed by atoms with Gasteiger partial charge in [0.05, 0.1) is 30.6 Å². The van der Waals surface area contributed by atoms with Gasteiger partial charge in [-0.25, -0.2) is 0 Å². The second kappa shape index (κ2) is 18.7. The van der Waals surface area contributed by atoms with Crippen molar-refractivity contribution < 1.29 is 38.5 Å². The Kier molecular flexibility index (Phi) is 14.3. The summed E-state index contributed by atoms with van der Waals surface area (Å²) in [7, 11) is 1.51. The van der Waals surface area contributed by atoms with Crippen molar-refractivity contribution in [3.8, 4) is 0 Å². The first-order valence-corrected chi connectivity index (χ1v) is 19.8. The molecule has 3 heterocycles. The summed E-state index contributed by atoms with van der Waals surface area (Å²) >= 11 is 3.78. The van der Waals surface area contributed by atoms with E-state index in [0.717, 1.165) is 29.7 Å². The summed E-state index contributed by atoms with van der Waals surface area (Å²) < 4.78 is 18.7. The van der Waals surface area contributed by atoms with E-state index in [2.05, 4.69) is 34.4 Å². The van der Waals surface area contributed by atoms with Crippen molar-refractivity contribution in [3.63, 3.8) is 0 Å². The summed E-state index contributed by atoms with van der Waals surface area (Å²) in [6, 6.07) is 13.2. The minimum absolute atomic E-state index is 0.0583. The third-order valence-corrected chi connectivity index (χ3v) is 11.7. The second-order valence-electron chi connectivity index (χ2n) is 14.5. The fourth-order valence-electron chi connectivity index (χ4n) is 8.59. The highest BCUT2D eigenvalue weighted by atomic mass is 79.9. The molecule has 1 spiro atoms. The fourth-order valence-corrected chi connectivity index (χ4v) is 9.53. The van der Waals surface area contributed by atoms with E-state index >= 15 is 4.79 Å². The summed E-state index contributed by atoms with van der Waals surface area (Å²) in [6.07, 6.45) is 5.47. The molecule has 12 heteroatoms. The van der Waals surface area contributed by atoms with E-state index in [1.54, 1.807) is 22.0 Å². The van der Waals surface area contributed by atoms with Crippen molar-refractivity contribution in [1.82, 2.24) is 10.2 Å². The molecule has 2 aromatic rings. The zero-order valence-electron chi connectivity index (χ0n) is 31.6. The van der Waals surface area contributed by atoms with Crippen molar-refractivity contribution in [2.24, 2.45) is 11.8 Å². The van der Waals surface area contributed by atoms with Gasteiger partial charge in [-0.1, -0.05) is 89.5 Å². The molecule has 292 valence electrons. The zero-order valence-corrected chi connectivity index (χ0v) is 33.2. The highest BCUT2D eigenvalue weighted by Gasteiger charge is 2.77. The molecular weight excluding hydrogens is 754 g/mol. The Labute approximate surface area is 327 Å². The zero-order chi connectivity index (χ0) is 39.0. The number of allylic oxidation sites excluding steroid dienone is 1. The topological polar surface area (TPSA) is 135 Å². The number of hydrogen-bond acceptors (Lipinski definition) is 8. The van der Waals surface area contributed by atoms with Crippen LogP contribution in [0.25, 0.3) is 0 Å². The Bertz CT molecular complexity index is 1650. The first-order chi connectivity index (χ1) is 26.0. The third kappa shape index (κ3) is 8.36. The van der Waals surface area contributed by atoms with Crippen LogP contribution in [0, 0.1) is 25.7 Å². The molecule has 11 nitrogen and oxygen atoms in total. The summed E-state index contributed by atoms with van der Waals surface area (Å²) in [5, 5.41) is 12.3. The minimum Gasteiger partial charge on any atom is -0.455 e. The number of aliphatic hydroxyl groups excluding tert-OH is 1. The molecule has 3 fully saturated rings. The molecule has 2 N–H and O–H groups in total. The number of likely N-dealkylation sites (tertiary alicyclic amines) is 1. The number of aryl methyl sites for hydroxylation is 2. The Hall–Kier alpha value is -3.84. The number of halogens is 1. The van der Waals surface area contributed by atoms with Crippen LogP contribution in [0.5, 0.6) is 0 Å². The van der Waals surface area contributed by atoms with Gasteiger partial charge in [-0.3, -0.25) is 19.2 Å². The Morgan fingerprint density at radius 2 is 1.78 bits per heavy atom. The minimum atomic E-state index is -1.30. The first-order valence-electron chi connectivity index (χ1n) is 18.9. The van der Waals surface area contributed by atoms with Crippen molar-refractivity contribution >= 4 is 45.3 Å². The molecule has 0 aliphatic carbocycles. The molecule has 3 aliphatic rings. The number of hydrogen-bond donors (Lipinski definition) is 2. The van der Waals surface area contributed by atoms with Crippen molar-refractivity contribution in [1.29, 1.82) is 0 Å². The van der Waals surface area contributed by atoms with Gasteiger partial charge in [-0.05, 0) is 56.2 Å². The van der Waals surface area contributed by atoms with Crippen LogP contribution in [0.4, 0.5) is 5.69 Å². The van der Waals surface area contributed by atoms with E-state index in [4.69, 9.17) is 14.2 Å². The number of esters is 1. The lowest BCUT2D eigenvalue weighted by Crippen LogP contribution is -2.57. The lowest BCUT2D eigenvalue weighted by Gasteiger charge is -2.38. The van der Waals surface area contributed by atoms with Crippen LogP contribution in [-0.4, -0.2) is 95.7 Å². The van der Waals surface area contributed by atoms with Gasteiger partial charge < -0.3 is 34.4 Å². The van der Waals surface area contributed by atoms with Crippen LogP contribution in [0.15, 0.2) is 73.8 Å². The average molecular weight is 809 g/mol. The van der Waals surface area contributed by atoms with Crippen LogP contribution in [0.3, 0.4) is 0 Å². The number of anilines is 1. The number of amides is 3. The fraction of sp³-hybridized carbons (Fsp3) is 0.524. The Morgan fingerprint density at radius 1 is 1.07 bits per heavy atom. The lowest BCUT2D eigenvalue weighted by molar-refractivity contribution is -0.163. The monoisotopic (exact) mass is 807 g/mol. The van der Waals surface area contributed by atoms with Crippen molar-refractivity contribution in [2.45, 2.75) is 93.5 Å². The number of carbonyl (C=O) groups is 4. The van der Waals surface area contributed by atoms with Gasteiger partial charge >= 0.3 is 5.97 Å². The molecule has 2 aromatic carbocycles. The number of benzene rings is 2. The SMILES string of the molecule is C=CCCC(=O)N[C@H](COC)[C@H](OC(=O)[C@H]1[C@@H]2O[C@@]3(CC2Br)[C@@H]1C(=O)N(CCCCCCO)[C@@H]3C(=O)N(CC=C)c1c(C)cccc1C)c1ccccc1. The van der Waals surface area contributed by atoms with Crippen LogP contribution >= 0.6 is 15.9 Å². The van der Waals surface area contributed by atoms with Crippen LogP contribution < -0.4 is 10.2 Å². The molecule has 0 saturated carbocycles. The third-order valence-electron chi connectivity index (χ3n) is 10.9. The second-order valence-corrected chi connectivity index (χ2v) is 15.7. The van der Waals surface area contributed by atoms with E-state index in [0.29, 0.717) is 31.2 Å². The number of unbranched alkanes of at least 4 members (excludes halogenated alkanes) is 3. The standard InChI is InChI=1S/C42H54BrN3O8/c1-6-8-21-32(48)44-31(26-52-5)36(29-19-12-11-13-20-29)53-41(51)33-34-39(49)46(23-14-9-10-15-24-47)38(42(34)25-30(43)37(33)54-42)40(50)45(22-7-2)35-27(3)17-16-18-28(35)4/h6-7,11-13,16-20,30-31,33-34,36-38,47H,1-2,8-10,14-15,21-26H2,3-5H3,(H,44,48)/t30?,31-,33-,34+,36-,37-,38-,42+/m1/s1. The van der Waals surface area contributed by atoms with Crippen LogP contribution in [-0.2, 0) is 33.4 Å². The van der Waals surface area contributed by atoms with Gasteiger partial charge in [0.15, 0.2) is 0 Å². The number of para-hydroxylation sites is 1. The normalized spacial score (nSPS) is 25.2. The summed E-state index contributed by atoms with van der Waals surface area (Å²) in [6.45, 7) is 12.2. The average Bonchev–Trinajstić information content (AvgIpc) is 3.75. The number of methoxy groups -OCH3 is 1. The van der Waals surface area contributed by atoms with Crippen LogP contribution in [0.2, 0.25) is 0 Å². The van der Waals surface area contributed by atoms with Gasteiger partial charge in [0.1, 0.15) is 17.7 Å². The van der Waals surface area contributed by atoms with E-state index in [9.17, 15) is 19.5 Å². The molecule has 0 radical (unpaired) electrons. The number of fused-ring (bicyclic) bond motifs is 1. The highest BCUT2D eigenvalue weighted by Crippen LogP contribution is 2.60. The van der Waals surface area contributed by atoms with Gasteiger partial charge in [0.2, 0.25) is 11.8 Å². The Balaban J connectivity index is 1.53. The molecule has 0 aromatic heterocycles. The van der Waals surface area contributed by atoms with E-state index < -0.39 is 47.7 Å². The molecule has 54 heavy (non-hydrogen) atoms. The maximum atomic E-state index is 15.1. The molecule has 3 saturated heterocycles. The van der Waals surface area contributed by atoms with Gasteiger partial charge in [-0.15, -0.1) is 13.2 Å². The molecule has 2 bridgehead atoms. The Morgan fingerprint density at radius 3 is 2.43 bits per heavy atom. The summed E-state index contributed by atoms with van der Waals surface area (Å²) in [4.78, 5) is 60.5. The number of nitrogens with zero attached hydrogens (tertiary/aromatic N) is 2. The maximum Gasteiger partial charge on any atom is 0.313 e. The van der Waals surface area contributed by atoms with E-state index in [-0.39, 0.29) is 55.3 Å². The number of aliphatic hydroxyl groups is 1. The molecule has 3 aliphatic heterocycles. The smallest absolute Gasteiger partial charge is 0.313 e. The number of alkyl halides is 1. The largest absolute Gasteiger partial charge is 0.455 e. The van der Waals surface area contributed by atoms with Crippen molar-refractivity contribution in [3.05, 3.63) is 90.5 Å². The first kappa shape index (κ1) is 41.3. The molecule has 8 atom stereocenters. The lowest BCUT2D eigenvalue weighted by atomic mass is 9.70. The number of nitrogens with one attached hydrogen (secondary N) is 1.